The minimum Gasteiger partial charge on any atom is -0.478 e. The molecule has 0 aliphatic heterocycles. The molecule has 1 aromatic heterocycles. The maximum absolute atomic E-state index is 12.5. The van der Waals surface area contributed by atoms with Crippen LogP contribution in [-0.4, -0.2) is 28.6 Å². The molecule has 0 spiro atoms. The number of hydrogen-bond acceptors (Lipinski definition) is 5. The van der Waals surface area contributed by atoms with E-state index in [1.165, 1.54) is 18.3 Å². The fourth-order valence-electron chi connectivity index (χ4n) is 2.91. The Labute approximate surface area is 179 Å². The summed E-state index contributed by atoms with van der Waals surface area (Å²) in [6, 6.07) is 8.29. The SMILES string of the molecule is CCOC(=O)c1cnc2c(C)c(Cl)ccc2c1Nc1cc(C(=O)O)ccc1C.Cl. The second-order valence-electron chi connectivity index (χ2n) is 6.30. The smallest absolute Gasteiger partial charge is 0.341 e. The first-order valence-corrected chi connectivity index (χ1v) is 9.07. The lowest BCUT2D eigenvalue weighted by Gasteiger charge is -2.17. The van der Waals surface area contributed by atoms with Gasteiger partial charge in [-0.15, -0.1) is 12.4 Å². The summed E-state index contributed by atoms with van der Waals surface area (Å²) in [5.74, 6) is -1.55. The summed E-state index contributed by atoms with van der Waals surface area (Å²) in [7, 11) is 0. The van der Waals surface area contributed by atoms with Crippen LogP contribution in [0.5, 0.6) is 0 Å². The Balaban J connectivity index is 0.00000300. The van der Waals surface area contributed by atoms with Gasteiger partial charge in [0.05, 0.1) is 23.4 Å². The second kappa shape index (κ2) is 9.11. The van der Waals surface area contributed by atoms with E-state index in [0.717, 1.165) is 11.1 Å². The Kier molecular flexibility index (Phi) is 7.06. The van der Waals surface area contributed by atoms with Crippen molar-refractivity contribution in [3.8, 4) is 0 Å². The minimum atomic E-state index is -1.03. The number of carbonyl (C=O) groups excluding carboxylic acids is 1. The van der Waals surface area contributed by atoms with Crippen molar-refractivity contribution in [3.05, 3.63) is 63.8 Å². The zero-order valence-corrected chi connectivity index (χ0v) is 17.6. The molecule has 0 saturated carbocycles. The van der Waals surface area contributed by atoms with Gasteiger partial charge in [0, 0.05) is 22.3 Å². The molecule has 0 atom stereocenters. The number of aryl methyl sites for hydroxylation is 2. The molecule has 3 aromatic rings. The van der Waals surface area contributed by atoms with Crippen LogP contribution in [0.2, 0.25) is 5.02 Å². The average molecular weight is 435 g/mol. The molecule has 0 radical (unpaired) electrons. The highest BCUT2D eigenvalue weighted by atomic mass is 35.5. The van der Waals surface area contributed by atoms with Gasteiger partial charge in [-0.1, -0.05) is 17.7 Å². The molecule has 0 fully saturated rings. The zero-order chi connectivity index (χ0) is 20.4. The van der Waals surface area contributed by atoms with Crippen molar-refractivity contribution in [2.75, 3.05) is 11.9 Å². The lowest BCUT2D eigenvalue weighted by atomic mass is 10.0. The first-order chi connectivity index (χ1) is 13.3. The van der Waals surface area contributed by atoms with Crippen LogP contribution in [0.1, 0.15) is 38.8 Å². The Morgan fingerprint density at radius 2 is 1.93 bits per heavy atom. The maximum Gasteiger partial charge on any atom is 0.341 e. The van der Waals surface area contributed by atoms with Gasteiger partial charge in [0.1, 0.15) is 5.56 Å². The fraction of sp³-hybridized carbons (Fsp3) is 0.190. The molecule has 152 valence electrons. The van der Waals surface area contributed by atoms with Gasteiger partial charge in [-0.3, -0.25) is 4.98 Å². The van der Waals surface area contributed by atoms with Crippen LogP contribution in [0.25, 0.3) is 10.9 Å². The number of nitrogens with one attached hydrogen (secondary N) is 1. The zero-order valence-electron chi connectivity index (χ0n) is 16.1. The third-order valence-corrected chi connectivity index (χ3v) is 4.88. The Bertz CT molecular complexity index is 1100. The largest absolute Gasteiger partial charge is 0.478 e. The number of ether oxygens (including phenoxy) is 1. The van der Waals surface area contributed by atoms with Crippen molar-refractivity contribution in [3.63, 3.8) is 0 Å². The van der Waals surface area contributed by atoms with Crippen LogP contribution in [0.3, 0.4) is 0 Å². The van der Waals surface area contributed by atoms with Gasteiger partial charge in [0.25, 0.3) is 0 Å². The lowest BCUT2D eigenvalue weighted by molar-refractivity contribution is 0.0526. The number of pyridine rings is 1. The van der Waals surface area contributed by atoms with Gasteiger partial charge in [0.2, 0.25) is 0 Å². The summed E-state index contributed by atoms with van der Waals surface area (Å²) < 4.78 is 5.16. The monoisotopic (exact) mass is 434 g/mol. The van der Waals surface area contributed by atoms with Gasteiger partial charge >= 0.3 is 11.9 Å². The number of carboxylic acid groups (broad SMARTS) is 1. The summed E-state index contributed by atoms with van der Waals surface area (Å²) in [6.45, 7) is 5.65. The molecule has 3 rings (SSSR count). The number of carboxylic acids is 1. The number of fused-ring (bicyclic) bond motifs is 1. The molecule has 0 saturated heterocycles. The highest BCUT2D eigenvalue weighted by molar-refractivity contribution is 6.32. The molecule has 2 N–H and O–H groups in total. The van der Waals surface area contributed by atoms with Crippen molar-refractivity contribution < 1.29 is 19.4 Å². The fourth-order valence-corrected chi connectivity index (χ4v) is 3.06. The van der Waals surface area contributed by atoms with Crippen molar-refractivity contribution in [2.45, 2.75) is 20.8 Å². The molecule has 1 heterocycles. The lowest BCUT2D eigenvalue weighted by Crippen LogP contribution is -2.10. The first-order valence-electron chi connectivity index (χ1n) is 8.69. The number of rotatable bonds is 5. The topological polar surface area (TPSA) is 88.5 Å². The minimum absolute atomic E-state index is 0. The van der Waals surface area contributed by atoms with Crippen LogP contribution < -0.4 is 5.32 Å². The van der Waals surface area contributed by atoms with E-state index >= 15 is 0 Å². The van der Waals surface area contributed by atoms with E-state index in [1.807, 2.05) is 13.8 Å². The van der Waals surface area contributed by atoms with Crippen molar-refractivity contribution in [1.29, 1.82) is 0 Å². The molecule has 8 heteroatoms. The summed E-state index contributed by atoms with van der Waals surface area (Å²) in [5.41, 5.74) is 3.73. The normalized spacial score (nSPS) is 10.3. The van der Waals surface area contributed by atoms with Gasteiger partial charge in [-0.2, -0.15) is 0 Å². The number of nitrogens with zero attached hydrogens (tertiary/aromatic N) is 1. The number of anilines is 2. The molecule has 6 nitrogen and oxygen atoms in total. The standard InChI is InChI=1S/C21H19ClN2O4.ClH/c1-4-28-21(27)15-10-23-18-12(3)16(22)8-7-14(18)19(15)24-17-9-13(20(25)26)6-5-11(17)2;/h5-10H,4H2,1-3H3,(H,23,24)(H,25,26);1H. The van der Waals surface area contributed by atoms with Crippen LogP contribution >= 0.6 is 24.0 Å². The third-order valence-electron chi connectivity index (χ3n) is 4.47. The van der Waals surface area contributed by atoms with E-state index in [4.69, 9.17) is 16.3 Å². The quantitative estimate of drug-likeness (QED) is 0.512. The van der Waals surface area contributed by atoms with E-state index in [0.29, 0.717) is 27.3 Å². The number of aromatic nitrogens is 1. The van der Waals surface area contributed by atoms with E-state index in [9.17, 15) is 14.7 Å². The molecule has 29 heavy (non-hydrogen) atoms. The highest BCUT2D eigenvalue weighted by Crippen LogP contribution is 2.34. The molecule has 0 unspecified atom stereocenters. The Hall–Kier alpha value is -2.83. The van der Waals surface area contributed by atoms with E-state index in [2.05, 4.69) is 10.3 Å². The Morgan fingerprint density at radius 1 is 1.21 bits per heavy atom. The number of esters is 1. The van der Waals surface area contributed by atoms with Gasteiger partial charge in [-0.05, 0) is 56.2 Å². The Morgan fingerprint density at radius 3 is 2.59 bits per heavy atom. The molecule has 2 aromatic carbocycles. The van der Waals surface area contributed by atoms with Crippen LogP contribution in [0.15, 0.2) is 36.5 Å². The van der Waals surface area contributed by atoms with Crippen molar-refractivity contribution in [1.82, 2.24) is 4.98 Å². The van der Waals surface area contributed by atoms with E-state index in [1.54, 1.807) is 25.1 Å². The number of carbonyl (C=O) groups is 2. The molecule has 0 amide bonds. The summed E-state index contributed by atoms with van der Waals surface area (Å²) in [6.07, 6.45) is 1.45. The first kappa shape index (κ1) is 22.5. The molecule has 0 aliphatic carbocycles. The van der Waals surface area contributed by atoms with E-state index < -0.39 is 11.9 Å². The number of halogens is 2. The van der Waals surface area contributed by atoms with Crippen LogP contribution in [0, 0.1) is 13.8 Å². The number of hydrogen-bond donors (Lipinski definition) is 2. The predicted octanol–water partition coefficient (Wildman–Crippen LogP) is 5.55. The summed E-state index contributed by atoms with van der Waals surface area (Å²) >= 11 is 6.22. The highest BCUT2D eigenvalue weighted by Gasteiger charge is 2.19. The average Bonchev–Trinajstić information content (AvgIpc) is 2.66. The maximum atomic E-state index is 12.5. The van der Waals surface area contributed by atoms with Gasteiger partial charge < -0.3 is 15.2 Å². The number of aromatic carboxylic acids is 1. The summed E-state index contributed by atoms with van der Waals surface area (Å²) in [4.78, 5) is 28.2. The van der Waals surface area contributed by atoms with Gasteiger partial charge in [-0.25, -0.2) is 9.59 Å². The van der Waals surface area contributed by atoms with Crippen LogP contribution in [-0.2, 0) is 4.74 Å². The van der Waals surface area contributed by atoms with Crippen molar-refractivity contribution in [2.24, 2.45) is 0 Å². The number of benzene rings is 2. The molecular formula is C21H20Cl2N2O4. The summed E-state index contributed by atoms with van der Waals surface area (Å²) in [5, 5.41) is 13.8. The van der Waals surface area contributed by atoms with Gasteiger partial charge in [0.15, 0.2) is 0 Å². The molecule has 0 aliphatic rings. The third kappa shape index (κ3) is 4.44. The molecular weight excluding hydrogens is 415 g/mol. The van der Waals surface area contributed by atoms with Crippen molar-refractivity contribution >= 4 is 58.2 Å². The predicted molar refractivity (Wildman–Crippen MR) is 116 cm³/mol. The van der Waals surface area contributed by atoms with Crippen LogP contribution in [0.4, 0.5) is 11.4 Å². The molecule has 0 bridgehead atoms. The second-order valence-corrected chi connectivity index (χ2v) is 6.70. The van der Waals surface area contributed by atoms with E-state index in [-0.39, 0.29) is 30.1 Å².